The van der Waals surface area contributed by atoms with Crippen LogP contribution in [0.1, 0.15) is 47.8 Å². The Morgan fingerprint density at radius 2 is 1.00 bits per heavy atom. The number of Topliss-reactive ketones (excluding diaryl/α,β-unsaturated/α-hetero) is 2. The van der Waals surface area contributed by atoms with Gasteiger partial charge in [0.25, 0.3) is 0 Å². The van der Waals surface area contributed by atoms with E-state index in [1.807, 2.05) is 60.7 Å². The zero-order valence-corrected chi connectivity index (χ0v) is 33.4. The molecule has 0 unspecified atom stereocenters. The van der Waals surface area contributed by atoms with Crippen LogP contribution < -0.4 is 16.2 Å². The first-order valence-corrected chi connectivity index (χ1v) is 20.8. The Morgan fingerprint density at radius 1 is 0.525 bits per heavy atom. The van der Waals surface area contributed by atoms with Gasteiger partial charge in [-0.25, -0.2) is 19.6 Å². The van der Waals surface area contributed by atoms with Gasteiger partial charge >= 0.3 is 11.9 Å². The van der Waals surface area contributed by atoms with Crippen LogP contribution in [-0.4, -0.2) is 29.2 Å². The number of ketones is 2. The zero-order chi connectivity index (χ0) is 41.8. The van der Waals surface area contributed by atoms with Gasteiger partial charge in [-0.3, -0.25) is 19.2 Å². The zero-order valence-electron chi connectivity index (χ0n) is 31.8. The van der Waals surface area contributed by atoms with Gasteiger partial charge in [-0.1, -0.05) is 109 Å². The lowest BCUT2D eigenvalue weighted by molar-refractivity contribution is -0.112. The van der Waals surface area contributed by atoms with Gasteiger partial charge in [0, 0.05) is 53.7 Å². The van der Waals surface area contributed by atoms with Crippen LogP contribution in [0.3, 0.4) is 0 Å². The highest BCUT2D eigenvalue weighted by Crippen LogP contribution is 2.46. The summed E-state index contributed by atoms with van der Waals surface area (Å²) in [5.74, 6) is -2.18. The molecular weight excluding hydrogens is 809 g/mol. The number of hydrogen-bond acceptors (Lipinski definition) is 12. The summed E-state index contributed by atoms with van der Waals surface area (Å²) in [5, 5.41) is 2.84. The number of hydrogen-bond donors (Lipinski definition) is 0. The Labute approximate surface area is 353 Å². The van der Waals surface area contributed by atoms with Crippen molar-refractivity contribution < 1.29 is 28.7 Å². The summed E-state index contributed by atoms with van der Waals surface area (Å²) in [6, 6.07) is 38.5. The fourth-order valence-electron chi connectivity index (χ4n) is 7.66. The van der Waals surface area contributed by atoms with E-state index in [1.165, 1.54) is 0 Å². The third-order valence-corrected chi connectivity index (χ3v) is 12.7. The summed E-state index contributed by atoms with van der Waals surface area (Å²) in [6.07, 6.45) is 0.0201. The van der Waals surface area contributed by atoms with Crippen LogP contribution in [-0.2, 0) is 33.9 Å². The molecule has 0 saturated heterocycles. The van der Waals surface area contributed by atoms with E-state index in [9.17, 15) is 28.8 Å². The Morgan fingerprint density at radius 3 is 1.54 bits per heavy atom. The van der Waals surface area contributed by atoms with Gasteiger partial charge in [0.2, 0.25) is 16.6 Å². The fourth-order valence-corrected chi connectivity index (χ4v) is 9.82. The minimum atomic E-state index is -0.637. The van der Waals surface area contributed by atoms with E-state index >= 15 is 0 Å². The number of rotatable bonds is 8. The normalized spacial score (nSPS) is 13.3. The molecule has 2 heterocycles. The van der Waals surface area contributed by atoms with Gasteiger partial charge in [-0.15, -0.1) is 22.7 Å². The second-order valence-corrected chi connectivity index (χ2v) is 16.5. The Hall–Kier alpha value is -7.54. The predicted octanol–water partition coefficient (Wildman–Crippen LogP) is 9.05. The first kappa shape index (κ1) is 37.7. The molecule has 0 bridgehead atoms. The molecule has 9 aromatic rings. The topological polar surface area (TPSA) is 146 Å². The van der Waals surface area contributed by atoms with E-state index in [4.69, 9.17) is 9.47 Å². The maximum Gasteiger partial charge on any atom is 0.339 e. The number of nitrogens with zero attached hydrogens (tertiary/aromatic N) is 2. The van der Waals surface area contributed by atoms with E-state index in [1.54, 1.807) is 72.8 Å². The van der Waals surface area contributed by atoms with Crippen molar-refractivity contribution in [1.29, 1.82) is 0 Å². The monoisotopic (exact) mass is 836 g/mol. The van der Waals surface area contributed by atoms with Crippen molar-refractivity contribution in [3.8, 4) is 0 Å². The molecular formula is C49H28N2O8S2. The second kappa shape index (κ2) is 15.2. The van der Waals surface area contributed by atoms with E-state index in [0.29, 0.717) is 47.1 Å². The van der Waals surface area contributed by atoms with Crippen molar-refractivity contribution in [2.45, 2.75) is 19.6 Å². The number of carbonyl (C=O) groups is 4. The molecule has 0 spiro atoms. The summed E-state index contributed by atoms with van der Waals surface area (Å²) in [6.45, 7) is -0.0131. The molecule has 0 aliphatic heterocycles. The molecule has 1 aliphatic carbocycles. The fraction of sp³-hybridized carbons (Fsp3) is 0.0612. The standard InChI is InChI=1S/C49H28N2O8S2/c52-38-19-28-15-7-8-16-29(28)43(53)41(38)50-39-22-34-36(48(56)58-24-26-11-3-1-4-12-26)21-33-32(46(34)60-39)20-37(49(57)59-25-27-13-5-2-6-14-27)35-23-40(61-47(33)35)51-42-44(54)30-17-9-10-18-31(30)45(42)55/h1-18,20-23H,19,24-25H2/b50-41-. The van der Waals surface area contributed by atoms with Gasteiger partial charge in [0.1, 0.15) is 23.2 Å². The summed E-state index contributed by atoms with van der Waals surface area (Å²) in [5.41, 5.74) is 1.75. The Balaban J connectivity index is 1.19. The smallest absolute Gasteiger partial charge is 0.339 e. The average Bonchev–Trinajstić information content (AvgIpc) is 3.98. The maximum absolute atomic E-state index is 14.1. The molecule has 1 aliphatic rings. The lowest BCUT2D eigenvalue weighted by Crippen LogP contribution is -2.31. The summed E-state index contributed by atoms with van der Waals surface area (Å²) >= 11 is 2.30. The van der Waals surface area contributed by atoms with E-state index in [2.05, 4.69) is 9.98 Å². The number of ether oxygens (including phenoxy) is 2. The summed E-state index contributed by atoms with van der Waals surface area (Å²) in [4.78, 5) is 91.1. The van der Waals surface area contributed by atoms with Crippen LogP contribution in [0.5, 0.6) is 0 Å². The van der Waals surface area contributed by atoms with Crippen LogP contribution in [0.15, 0.2) is 153 Å². The first-order chi connectivity index (χ1) is 29.7. The van der Waals surface area contributed by atoms with Gasteiger partial charge < -0.3 is 9.47 Å². The second-order valence-electron chi connectivity index (χ2n) is 14.4. The van der Waals surface area contributed by atoms with Gasteiger partial charge in [-0.2, -0.15) is 0 Å². The summed E-state index contributed by atoms with van der Waals surface area (Å²) in [7, 11) is 0. The number of benzene rings is 6. The van der Waals surface area contributed by atoms with Crippen molar-refractivity contribution in [2.24, 2.45) is 9.98 Å². The van der Waals surface area contributed by atoms with Crippen molar-refractivity contribution in [2.75, 3.05) is 0 Å². The molecule has 10 nitrogen and oxygen atoms in total. The third-order valence-electron chi connectivity index (χ3n) is 10.6. The van der Waals surface area contributed by atoms with Crippen molar-refractivity contribution >= 4 is 104 Å². The molecule has 0 N–H and O–H groups in total. The quantitative estimate of drug-likeness (QED) is 0.138. The largest absolute Gasteiger partial charge is 0.457 e. The van der Waals surface area contributed by atoms with E-state index < -0.39 is 34.4 Å². The first-order valence-electron chi connectivity index (χ1n) is 19.1. The highest BCUT2D eigenvalue weighted by molar-refractivity contribution is 7.25. The molecule has 0 amide bonds. The van der Waals surface area contributed by atoms with E-state index in [0.717, 1.165) is 33.8 Å². The van der Waals surface area contributed by atoms with Crippen LogP contribution in [0.25, 0.3) is 41.7 Å². The lowest BCUT2D eigenvalue weighted by Gasteiger charge is -2.14. The number of carbonyl (C=O) groups excluding carboxylic acids is 4. The molecule has 0 atom stereocenters. The van der Waals surface area contributed by atoms with Gasteiger partial charge in [0.15, 0.2) is 16.9 Å². The Bertz CT molecular complexity index is 3470. The number of thiophene rings is 2. The van der Waals surface area contributed by atoms with Crippen molar-refractivity contribution in [1.82, 2.24) is 0 Å². The highest BCUT2D eigenvalue weighted by Gasteiger charge is 2.31. The molecule has 0 saturated carbocycles. The van der Waals surface area contributed by atoms with Crippen molar-refractivity contribution in [3.05, 3.63) is 193 Å². The van der Waals surface area contributed by atoms with E-state index in [-0.39, 0.29) is 57.6 Å². The SMILES string of the molecule is O=C1Cc2ccccc2C(=O)/C1=N\c1cc2c(C(=O)OCc3ccccc3)cc3c(cc(C(=O)OCc4ccccc4)c4cc(N=c5c(=O)c6ccccc6c5=O)sc43)c2s1. The van der Waals surface area contributed by atoms with Crippen LogP contribution in [0.2, 0.25) is 0 Å². The molecule has 61 heavy (non-hydrogen) atoms. The predicted molar refractivity (Wildman–Crippen MR) is 236 cm³/mol. The molecule has 0 fully saturated rings. The minimum absolute atomic E-state index is 0.00635. The molecule has 0 radical (unpaired) electrons. The molecule has 12 heteroatoms. The van der Waals surface area contributed by atoms with Crippen LogP contribution >= 0.6 is 22.7 Å². The van der Waals surface area contributed by atoms with Gasteiger partial charge in [0.05, 0.1) is 11.1 Å². The molecule has 7 aromatic carbocycles. The molecule has 10 rings (SSSR count). The number of fused-ring (bicyclic) bond motifs is 7. The maximum atomic E-state index is 14.1. The molecule has 294 valence electrons. The van der Waals surface area contributed by atoms with Crippen LogP contribution in [0.4, 0.5) is 10.0 Å². The molecule has 2 aromatic heterocycles. The summed E-state index contributed by atoms with van der Waals surface area (Å²) < 4.78 is 12.8. The third kappa shape index (κ3) is 6.77. The Kier molecular flexibility index (Phi) is 9.42. The van der Waals surface area contributed by atoms with Crippen LogP contribution in [0, 0.1) is 0 Å². The minimum Gasteiger partial charge on any atom is -0.457 e. The number of aliphatic imine (C=N–C) groups is 1. The van der Waals surface area contributed by atoms with Gasteiger partial charge in [-0.05, 0) is 41.0 Å². The van der Waals surface area contributed by atoms with Crippen molar-refractivity contribution in [3.63, 3.8) is 0 Å². The number of esters is 2. The lowest BCUT2D eigenvalue weighted by atomic mass is 9.88. The average molecular weight is 837 g/mol. The highest BCUT2D eigenvalue weighted by atomic mass is 32.1.